The van der Waals surface area contributed by atoms with Gasteiger partial charge in [0, 0.05) is 7.05 Å². The van der Waals surface area contributed by atoms with Gasteiger partial charge in [0.05, 0.1) is 17.0 Å². The minimum absolute atomic E-state index is 0.0965. The molecule has 0 amide bonds. The van der Waals surface area contributed by atoms with Crippen LogP contribution in [0.5, 0.6) is 0 Å². The van der Waals surface area contributed by atoms with E-state index in [0.29, 0.717) is 4.88 Å². The summed E-state index contributed by atoms with van der Waals surface area (Å²) in [5.41, 5.74) is -0.163. The summed E-state index contributed by atoms with van der Waals surface area (Å²) in [7, 11) is -1.28. The van der Waals surface area contributed by atoms with E-state index < -0.39 is 16.0 Å². The lowest BCUT2D eigenvalue weighted by Gasteiger charge is -2.25. The first-order chi connectivity index (χ1) is 7.91. The Hall–Kier alpha value is -1.05. The van der Waals surface area contributed by atoms with Crippen LogP contribution in [0.15, 0.2) is 22.0 Å². The van der Waals surface area contributed by atoms with E-state index in [-0.39, 0.29) is 15.6 Å². The van der Waals surface area contributed by atoms with E-state index in [1.165, 1.54) is 31.6 Å². The molecule has 5 nitrogen and oxygen atoms in total. The van der Waals surface area contributed by atoms with E-state index in [1.54, 1.807) is 5.38 Å². The Morgan fingerprint density at radius 3 is 2.76 bits per heavy atom. The molecule has 1 aliphatic heterocycles. The van der Waals surface area contributed by atoms with Gasteiger partial charge in [-0.15, -0.1) is 11.3 Å². The second-order valence-electron chi connectivity index (χ2n) is 3.24. The van der Waals surface area contributed by atoms with E-state index in [0.717, 1.165) is 4.31 Å². The number of nitrogens with zero attached hydrogens (tertiary/aromatic N) is 1. The van der Waals surface area contributed by atoms with E-state index in [9.17, 15) is 13.2 Å². The predicted octanol–water partition coefficient (Wildman–Crippen LogP) is 1.46. The fourth-order valence-corrected chi connectivity index (χ4v) is 4.58. The Morgan fingerprint density at radius 2 is 2.18 bits per heavy atom. The van der Waals surface area contributed by atoms with E-state index in [1.807, 2.05) is 0 Å². The van der Waals surface area contributed by atoms with Gasteiger partial charge in [0.1, 0.15) is 4.90 Å². The fourth-order valence-electron chi connectivity index (χ4n) is 1.49. The molecule has 0 N–H and O–H groups in total. The quantitative estimate of drug-likeness (QED) is 0.736. The molecule has 0 fully saturated rings. The van der Waals surface area contributed by atoms with Crippen LogP contribution in [-0.4, -0.2) is 32.8 Å². The van der Waals surface area contributed by atoms with Gasteiger partial charge in [0.2, 0.25) is 0 Å². The maximum absolute atomic E-state index is 12.1. The molecule has 0 unspecified atom stereocenters. The number of hydrogen-bond donors (Lipinski definition) is 0. The number of ether oxygens (including phenoxy) is 1. The zero-order valence-corrected chi connectivity index (χ0v) is 11.3. The zero-order chi connectivity index (χ0) is 12.8. The highest BCUT2D eigenvalue weighted by Gasteiger charge is 2.38. The van der Waals surface area contributed by atoms with E-state index >= 15 is 0 Å². The molecule has 0 bridgehead atoms. The summed E-state index contributed by atoms with van der Waals surface area (Å²) in [6, 6.07) is 1.46. The van der Waals surface area contributed by atoms with Crippen LogP contribution >= 0.6 is 22.9 Å². The summed E-state index contributed by atoms with van der Waals surface area (Å²) in [6.07, 6.45) is 0. The molecule has 1 aromatic rings. The molecule has 2 heterocycles. The number of carbonyl (C=O) groups excluding carboxylic acids is 1. The van der Waals surface area contributed by atoms with Crippen molar-refractivity contribution in [3.63, 3.8) is 0 Å². The number of rotatable bonds is 1. The number of methoxy groups -OCH3 is 1. The molecule has 8 heteroatoms. The number of sulfonamides is 1. The average molecular weight is 294 g/mol. The van der Waals surface area contributed by atoms with Crippen LogP contribution in [0.25, 0.3) is 5.03 Å². The van der Waals surface area contributed by atoms with Crippen molar-refractivity contribution >= 4 is 44.0 Å². The summed E-state index contributed by atoms with van der Waals surface area (Å²) in [4.78, 5) is 12.0. The minimum Gasteiger partial charge on any atom is -0.464 e. The Morgan fingerprint density at radius 1 is 1.53 bits per heavy atom. The number of carbonyl (C=O) groups is 1. The van der Waals surface area contributed by atoms with Gasteiger partial charge in [0.25, 0.3) is 10.0 Å². The largest absolute Gasteiger partial charge is 0.464 e. The van der Waals surface area contributed by atoms with Crippen LogP contribution in [0.1, 0.15) is 4.88 Å². The Kier molecular flexibility index (Phi) is 2.92. The number of hydrogen-bond acceptors (Lipinski definition) is 5. The van der Waals surface area contributed by atoms with Crippen molar-refractivity contribution in [2.24, 2.45) is 0 Å². The molecule has 0 saturated heterocycles. The third-order valence-electron chi connectivity index (χ3n) is 2.37. The first-order valence-corrected chi connectivity index (χ1v) is 7.16. The van der Waals surface area contributed by atoms with Crippen molar-refractivity contribution < 1.29 is 17.9 Å². The van der Waals surface area contributed by atoms with Crippen LogP contribution in [0, 0.1) is 0 Å². The van der Waals surface area contributed by atoms with Crippen LogP contribution in [-0.2, 0) is 19.6 Å². The van der Waals surface area contributed by atoms with Crippen LogP contribution < -0.4 is 0 Å². The molecular weight excluding hydrogens is 286 g/mol. The minimum atomic E-state index is -3.71. The molecule has 1 aromatic heterocycles. The molecule has 92 valence electrons. The van der Waals surface area contributed by atoms with Crippen molar-refractivity contribution in [2.45, 2.75) is 4.90 Å². The predicted molar refractivity (Wildman–Crippen MR) is 64.1 cm³/mol. The van der Waals surface area contributed by atoms with Crippen molar-refractivity contribution in [3.05, 3.63) is 22.0 Å². The smallest absolute Gasteiger partial charge is 0.356 e. The number of esters is 1. The van der Waals surface area contributed by atoms with Gasteiger partial charge in [-0.05, 0) is 11.4 Å². The maximum Gasteiger partial charge on any atom is 0.356 e. The van der Waals surface area contributed by atoms with Crippen molar-refractivity contribution in [1.82, 2.24) is 4.31 Å². The van der Waals surface area contributed by atoms with Crippen LogP contribution in [0.3, 0.4) is 0 Å². The summed E-state index contributed by atoms with van der Waals surface area (Å²) >= 11 is 7.20. The van der Waals surface area contributed by atoms with E-state index in [2.05, 4.69) is 4.74 Å². The summed E-state index contributed by atoms with van der Waals surface area (Å²) in [5, 5.41) is 1.71. The lowest BCUT2D eigenvalue weighted by Crippen LogP contribution is -2.34. The number of fused-ring (bicyclic) bond motifs is 1. The Balaban J connectivity index is 2.77. The van der Waals surface area contributed by atoms with Gasteiger partial charge < -0.3 is 4.74 Å². The van der Waals surface area contributed by atoms with Crippen LogP contribution in [0.2, 0.25) is 0 Å². The third-order valence-corrected chi connectivity index (χ3v) is 5.71. The first-order valence-electron chi connectivity index (χ1n) is 4.46. The highest BCUT2D eigenvalue weighted by atomic mass is 35.5. The summed E-state index contributed by atoms with van der Waals surface area (Å²) < 4.78 is 29.5. The lowest BCUT2D eigenvalue weighted by molar-refractivity contribution is -0.137. The second kappa shape index (κ2) is 4.01. The number of halogens is 1. The summed E-state index contributed by atoms with van der Waals surface area (Å²) in [5.74, 6) is -0.778. The van der Waals surface area contributed by atoms with Gasteiger partial charge in [-0.3, -0.25) is 4.31 Å². The molecule has 1 aliphatic rings. The third kappa shape index (κ3) is 1.65. The molecule has 0 aliphatic carbocycles. The van der Waals surface area contributed by atoms with Gasteiger partial charge in [-0.25, -0.2) is 13.2 Å². The van der Waals surface area contributed by atoms with E-state index in [4.69, 9.17) is 11.6 Å². The molecule has 0 saturated carbocycles. The highest BCUT2D eigenvalue weighted by molar-refractivity contribution is 7.89. The fraction of sp³-hybridized carbons (Fsp3) is 0.222. The lowest BCUT2D eigenvalue weighted by atomic mass is 10.3. The topological polar surface area (TPSA) is 63.7 Å². The Bertz CT molecular complexity index is 617. The van der Waals surface area contributed by atoms with Gasteiger partial charge in [-0.2, -0.15) is 0 Å². The normalized spacial score (nSPS) is 17.9. The van der Waals surface area contributed by atoms with Crippen molar-refractivity contribution in [2.75, 3.05) is 14.2 Å². The number of thiophene rings is 1. The van der Waals surface area contributed by atoms with Crippen LogP contribution in [0.4, 0.5) is 0 Å². The van der Waals surface area contributed by atoms with Crippen molar-refractivity contribution in [3.8, 4) is 0 Å². The molecule has 0 aromatic carbocycles. The zero-order valence-electron chi connectivity index (χ0n) is 8.93. The molecule has 17 heavy (non-hydrogen) atoms. The second-order valence-corrected chi connectivity index (χ2v) is 6.47. The SMILES string of the molecule is COC(=O)C1=C(Cl)c2sccc2S(=O)(=O)N1C. The number of likely N-dealkylation sites (N-methyl/N-ethyl adjacent to an activating group) is 1. The van der Waals surface area contributed by atoms with Crippen molar-refractivity contribution in [1.29, 1.82) is 0 Å². The first kappa shape index (κ1) is 12.4. The Labute approximate surface area is 107 Å². The molecule has 2 rings (SSSR count). The summed E-state index contributed by atoms with van der Waals surface area (Å²) in [6.45, 7) is 0. The molecule has 0 radical (unpaired) electrons. The average Bonchev–Trinajstić information content (AvgIpc) is 2.76. The molecular formula is C9H8ClNO4S2. The molecule has 0 atom stereocenters. The van der Waals surface area contributed by atoms with Gasteiger partial charge >= 0.3 is 5.97 Å². The monoisotopic (exact) mass is 293 g/mol. The molecule has 0 spiro atoms. The highest BCUT2D eigenvalue weighted by Crippen LogP contribution is 2.41. The standard InChI is InChI=1S/C9H8ClNO4S2/c1-11-7(9(12)15-2)6(10)8-5(3-4-16-8)17(11,13)14/h3-4H,1-2H3. The maximum atomic E-state index is 12.1. The van der Waals surface area contributed by atoms with Gasteiger partial charge in [-0.1, -0.05) is 11.6 Å². The van der Waals surface area contributed by atoms with Gasteiger partial charge in [0.15, 0.2) is 5.70 Å².